The van der Waals surface area contributed by atoms with Crippen LogP contribution in [0.1, 0.15) is 38.1 Å². The lowest BCUT2D eigenvalue weighted by molar-refractivity contribution is -0.135. The molecule has 0 aliphatic carbocycles. The number of rotatable bonds is 3. The second-order valence-electron chi connectivity index (χ2n) is 5.45. The summed E-state index contributed by atoms with van der Waals surface area (Å²) in [5.41, 5.74) is 3.83. The second-order valence-corrected chi connectivity index (χ2v) is 5.45. The van der Waals surface area contributed by atoms with Crippen molar-refractivity contribution in [3.05, 3.63) is 29.3 Å². The highest BCUT2D eigenvalue weighted by Crippen LogP contribution is 2.24. The lowest BCUT2D eigenvalue weighted by Crippen LogP contribution is -2.31. The van der Waals surface area contributed by atoms with E-state index in [1.165, 1.54) is 6.92 Å². The highest BCUT2D eigenvalue weighted by Gasteiger charge is 2.25. The Hall–Kier alpha value is -2.02. The van der Waals surface area contributed by atoms with Crippen molar-refractivity contribution in [3.63, 3.8) is 0 Å². The molecule has 0 spiro atoms. The van der Waals surface area contributed by atoms with Crippen molar-refractivity contribution in [1.29, 1.82) is 0 Å². The van der Waals surface area contributed by atoms with Crippen LogP contribution in [0.25, 0.3) is 0 Å². The summed E-state index contributed by atoms with van der Waals surface area (Å²) >= 11 is 0. The Labute approximate surface area is 121 Å². The third-order valence-electron chi connectivity index (χ3n) is 2.25. The first kappa shape index (κ1) is 17.0. The molecule has 1 aromatic carbocycles. The normalized spacial score (nSPS) is 12.7. The van der Waals surface area contributed by atoms with Crippen molar-refractivity contribution in [2.45, 2.75) is 39.3 Å². The zero-order chi connectivity index (χ0) is 16.4. The van der Waals surface area contributed by atoms with Gasteiger partial charge in [0.2, 0.25) is 5.82 Å². The average Bonchev–Trinajstić information content (AvgIpc) is 2.32. The number of hydrogen-bond donors (Lipinski definition) is 1. The molecule has 2 N–H and O–H groups in total. The summed E-state index contributed by atoms with van der Waals surface area (Å²) in [5.74, 6) is -5.46. The van der Waals surface area contributed by atoms with Gasteiger partial charge in [0.05, 0.1) is 5.56 Å². The number of halogens is 2. The minimum atomic E-state index is -1.45. The van der Waals surface area contributed by atoms with Crippen LogP contribution >= 0.6 is 0 Å². The van der Waals surface area contributed by atoms with Gasteiger partial charge in [-0.2, -0.15) is 4.39 Å². The number of carbonyl (C=O) groups is 2. The average molecular weight is 301 g/mol. The Bertz CT molecular complexity index is 565. The Morgan fingerprint density at radius 1 is 1.19 bits per heavy atom. The zero-order valence-corrected chi connectivity index (χ0v) is 12.2. The fourth-order valence-corrected chi connectivity index (χ4v) is 1.30. The van der Waals surface area contributed by atoms with E-state index >= 15 is 0 Å². The third kappa shape index (κ3) is 4.49. The monoisotopic (exact) mass is 301 g/mol. The van der Waals surface area contributed by atoms with E-state index in [2.05, 4.69) is 4.74 Å². The lowest BCUT2D eigenvalue weighted by atomic mass is 10.1. The van der Waals surface area contributed by atoms with Gasteiger partial charge in [0.25, 0.3) is 0 Å². The molecule has 21 heavy (non-hydrogen) atoms. The zero-order valence-electron chi connectivity index (χ0n) is 12.2. The van der Waals surface area contributed by atoms with Gasteiger partial charge in [0, 0.05) is 0 Å². The smallest absolute Gasteiger partial charge is 0.341 e. The SMILES string of the molecule is C[C@H](N)C(=O)Oc1ccc(C(=O)OC(C)(C)C)c(F)c1F. The molecule has 0 aromatic heterocycles. The fourth-order valence-electron chi connectivity index (χ4n) is 1.30. The van der Waals surface area contributed by atoms with Crippen LogP contribution in [-0.2, 0) is 9.53 Å². The van der Waals surface area contributed by atoms with Crippen LogP contribution in [-0.4, -0.2) is 23.6 Å². The molecule has 0 amide bonds. The molecule has 0 unspecified atom stereocenters. The number of hydrogen-bond acceptors (Lipinski definition) is 5. The molecule has 0 bridgehead atoms. The molecule has 5 nitrogen and oxygen atoms in total. The van der Waals surface area contributed by atoms with E-state index in [9.17, 15) is 18.4 Å². The van der Waals surface area contributed by atoms with E-state index < -0.39 is 46.5 Å². The molecular formula is C14H17F2NO4. The fraction of sp³-hybridized carbons (Fsp3) is 0.429. The summed E-state index contributed by atoms with van der Waals surface area (Å²) < 4.78 is 37.2. The molecule has 0 aliphatic rings. The van der Waals surface area contributed by atoms with Crippen molar-refractivity contribution in [2.75, 3.05) is 0 Å². The highest BCUT2D eigenvalue weighted by molar-refractivity contribution is 5.90. The molecule has 0 aliphatic heterocycles. The number of carbonyl (C=O) groups excluding carboxylic acids is 2. The largest absolute Gasteiger partial charge is 0.456 e. The standard InChI is InChI=1S/C14H17F2NO4/c1-7(17)12(18)20-9-6-5-8(10(15)11(9)16)13(19)21-14(2,3)4/h5-7H,17H2,1-4H3/t7-/m0/s1. The van der Waals surface area contributed by atoms with E-state index in [0.717, 1.165) is 12.1 Å². The minimum Gasteiger partial charge on any atom is -0.456 e. The van der Waals surface area contributed by atoms with Crippen LogP contribution in [0, 0.1) is 11.6 Å². The van der Waals surface area contributed by atoms with Gasteiger partial charge < -0.3 is 15.2 Å². The van der Waals surface area contributed by atoms with Crippen molar-refractivity contribution >= 4 is 11.9 Å². The Balaban J connectivity index is 3.06. The lowest BCUT2D eigenvalue weighted by Gasteiger charge is -2.19. The molecular weight excluding hydrogens is 284 g/mol. The van der Waals surface area contributed by atoms with E-state index in [1.807, 2.05) is 0 Å². The molecule has 1 aromatic rings. The van der Waals surface area contributed by atoms with Gasteiger partial charge in [-0.15, -0.1) is 0 Å². The molecule has 0 saturated heterocycles. The third-order valence-corrected chi connectivity index (χ3v) is 2.25. The number of esters is 2. The van der Waals surface area contributed by atoms with Gasteiger partial charge in [-0.05, 0) is 39.8 Å². The molecule has 0 heterocycles. The van der Waals surface area contributed by atoms with Gasteiger partial charge in [-0.25, -0.2) is 14.0 Å². The maximum Gasteiger partial charge on any atom is 0.341 e. The molecule has 0 radical (unpaired) electrons. The summed E-state index contributed by atoms with van der Waals surface area (Å²) in [7, 11) is 0. The number of benzene rings is 1. The molecule has 0 fully saturated rings. The van der Waals surface area contributed by atoms with Gasteiger partial charge in [-0.1, -0.05) is 0 Å². The summed E-state index contributed by atoms with van der Waals surface area (Å²) in [6.07, 6.45) is 0. The van der Waals surface area contributed by atoms with Crippen LogP contribution in [0.4, 0.5) is 8.78 Å². The van der Waals surface area contributed by atoms with Crippen LogP contribution in [0.2, 0.25) is 0 Å². The highest BCUT2D eigenvalue weighted by atomic mass is 19.2. The minimum absolute atomic E-state index is 0.581. The van der Waals surface area contributed by atoms with E-state index in [-0.39, 0.29) is 0 Å². The van der Waals surface area contributed by atoms with Gasteiger partial charge in [0.15, 0.2) is 11.6 Å². The Morgan fingerprint density at radius 2 is 1.76 bits per heavy atom. The van der Waals surface area contributed by atoms with E-state index in [4.69, 9.17) is 10.5 Å². The van der Waals surface area contributed by atoms with Crippen molar-refractivity contribution in [3.8, 4) is 5.75 Å². The van der Waals surface area contributed by atoms with Crippen molar-refractivity contribution in [2.24, 2.45) is 5.73 Å². The van der Waals surface area contributed by atoms with Crippen molar-refractivity contribution in [1.82, 2.24) is 0 Å². The van der Waals surface area contributed by atoms with Crippen LogP contribution in [0.15, 0.2) is 12.1 Å². The van der Waals surface area contributed by atoms with Crippen LogP contribution in [0.5, 0.6) is 5.75 Å². The first-order valence-electron chi connectivity index (χ1n) is 6.21. The van der Waals surface area contributed by atoms with E-state index in [0.29, 0.717) is 0 Å². The predicted octanol–water partition coefficient (Wildman–Crippen LogP) is 2.17. The maximum atomic E-state index is 13.8. The molecule has 1 atom stereocenters. The quantitative estimate of drug-likeness (QED) is 0.684. The topological polar surface area (TPSA) is 78.6 Å². The Kier molecular flexibility index (Phi) is 5.01. The predicted molar refractivity (Wildman–Crippen MR) is 70.8 cm³/mol. The molecule has 7 heteroatoms. The van der Waals surface area contributed by atoms with Crippen molar-refractivity contribution < 1.29 is 27.8 Å². The molecule has 0 saturated carbocycles. The van der Waals surface area contributed by atoms with Crippen LogP contribution < -0.4 is 10.5 Å². The summed E-state index contributed by atoms with van der Waals surface area (Å²) in [5, 5.41) is 0. The summed E-state index contributed by atoms with van der Waals surface area (Å²) in [6.45, 7) is 6.12. The summed E-state index contributed by atoms with van der Waals surface area (Å²) in [6, 6.07) is 0.965. The number of nitrogens with two attached hydrogens (primary N) is 1. The second kappa shape index (κ2) is 6.17. The molecule has 1 rings (SSSR count). The first-order valence-corrected chi connectivity index (χ1v) is 6.21. The Morgan fingerprint density at radius 3 is 2.24 bits per heavy atom. The van der Waals surface area contributed by atoms with Gasteiger partial charge in [0.1, 0.15) is 11.6 Å². The van der Waals surface area contributed by atoms with E-state index in [1.54, 1.807) is 20.8 Å². The van der Waals surface area contributed by atoms with Gasteiger partial charge >= 0.3 is 11.9 Å². The maximum absolute atomic E-state index is 13.8. The van der Waals surface area contributed by atoms with Crippen LogP contribution in [0.3, 0.4) is 0 Å². The first-order chi connectivity index (χ1) is 9.53. The number of ether oxygens (including phenoxy) is 2. The summed E-state index contributed by atoms with van der Waals surface area (Å²) in [4.78, 5) is 23.0. The molecule has 116 valence electrons. The van der Waals surface area contributed by atoms with Gasteiger partial charge in [-0.3, -0.25) is 0 Å².